The molecule has 2 aromatic rings. The summed E-state index contributed by atoms with van der Waals surface area (Å²) in [6.07, 6.45) is -0.950. The standard InChI is InChI=1S/C21H23NO6/c1-14(23)17-6-10-19(11-7-17)27-13-20(24)28-15(2)21(25)22-12-16-4-8-18(26-3)9-5-16/h4-11,15H,12-13H2,1-3H3,(H,22,25)/t15-/m0/s1. The van der Waals surface area contributed by atoms with Crippen molar-refractivity contribution in [1.29, 1.82) is 0 Å². The van der Waals surface area contributed by atoms with E-state index in [4.69, 9.17) is 14.2 Å². The Bertz CT molecular complexity index is 814. The second-order valence-corrected chi connectivity index (χ2v) is 6.07. The van der Waals surface area contributed by atoms with Crippen molar-refractivity contribution in [3.63, 3.8) is 0 Å². The van der Waals surface area contributed by atoms with Crippen molar-refractivity contribution in [1.82, 2.24) is 5.32 Å². The van der Waals surface area contributed by atoms with Crippen molar-refractivity contribution in [2.24, 2.45) is 0 Å². The zero-order valence-electron chi connectivity index (χ0n) is 16.1. The molecule has 0 aliphatic rings. The van der Waals surface area contributed by atoms with Crippen LogP contribution in [0.4, 0.5) is 0 Å². The molecule has 2 aromatic carbocycles. The molecule has 0 radical (unpaired) electrons. The molecule has 0 saturated carbocycles. The van der Waals surface area contributed by atoms with Gasteiger partial charge in [-0.1, -0.05) is 12.1 Å². The average Bonchev–Trinajstić information content (AvgIpc) is 2.71. The monoisotopic (exact) mass is 385 g/mol. The fraction of sp³-hybridized carbons (Fsp3) is 0.286. The third-order valence-corrected chi connectivity index (χ3v) is 3.92. The minimum Gasteiger partial charge on any atom is -0.497 e. The van der Waals surface area contributed by atoms with Gasteiger partial charge in [-0.2, -0.15) is 0 Å². The lowest BCUT2D eigenvalue weighted by atomic mass is 10.1. The second kappa shape index (κ2) is 10.1. The van der Waals surface area contributed by atoms with Crippen LogP contribution in [-0.2, 0) is 20.9 Å². The first-order valence-corrected chi connectivity index (χ1v) is 8.73. The third kappa shape index (κ3) is 6.42. The van der Waals surface area contributed by atoms with Crippen molar-refractivity contribution in [3.8, 4) is 11.5 Å². The first-order valence-electron chi connectivity index (χ1n) is 8.73. The van der Waals surface area contributed by atoms with Crippen LogP contribution in [0, 0.1) is 0 Å². The predicted octanol–water partition coefficient (Wildman–Crippen LogP) is 2.52. The van der Waals surface area contributed by atoms with Gasteiger partial charge in [0.1, 0.15) is 11.5 Å². The fourth-order valence-corrected chi connectivity index (χ4v) is 2.29. The molecule has 148 valence electrons. The number of hydrogen-bond donors (Lipinski definition) is 1. The van der Waals surface area contributed by atoms with Gasteiger partial charge in [-0.25, -0.2) is 4.79 Å². The van der Waals surface area contributed by atoms with Gasteiger partial charge < -0.3 is 19.5 Å². The van der Waals surface area contributed by atoms with Gasteiger partial charge in [-0.05, 0) is 55.8 Å². The number of benzene rings is 2. The largest absolute Gasteiger partial charge is 0.497 e. The Morgan fingerprint density at radius 2 is 1.57 bits per heavy atom. The van der Waals surface area contributed by atoms with E-state index < -0.39 is 18.0 Å². The summed E-state index contributed by atoms with van der Waals surface area (Å²) < 4.78 is 15.5. The number of rotatable bonds is 9. The molecule has 28 heavy (non-hydrogen) atoms. The van der Waals surface area contributed by atoms with Gasteiger partial charge in [-0.15, -0.1) is 0 Å². The molecule has 0 saturated heterocycles. The SMILES string of the molecule is COc1ccc(CNC(=O)[C@H](C)OC(=O)COc2ccc(C(C)=O)cc2)cc1. The molecule has 2 rings (SSSR count). The maximum atomic E-state index is 12.1. The molecule has 0 aliphatic carbocycles. The Labute approximate surface area is 163 Å². The maximum absolute atomic E-state index is 12.1. The zero-order valence-corrected chi connectivity index (χ0v) is 16.1. The minimum absolute atomic E-state index is 0.0552. The topological polar surface area (TPSA) is 90.9 Å². The van der Waals surface area contributed by atoms with E-state index in [0.717, 1.165) is 11.3 Å². The highest BCUT2D eigenvalue weighted by molar-refractivity contribution is 5.94. The number of ether oxygens (including phenoxy) is 3. The van der Waals surface area contributed by atoms with Crippen LogP contribution in [0.25, 0.3) is 0 Å². The first kappa shape index (κ1) is 21.0. The lowest BCUT2D eigenvalue weighted by Crippen LogP contribution is -2.36. The van der Waals surface area contributed by atoms with E-state index in [9.17, 15) is 14.4 Å². The summed E-state index contributed by atoms with van der Waals surface area (Å²) in [6, 6.07) is 13.7. The highest BCUT2D eigenvalue weighted by Gasteiger charge is 2.18. The molecular weight excluding hydrogens is 362 g/mol. The van der Waals surface area contributed by atoms with E-state index in [1.54, 1.807) is 43.5 Å². The normalized spacial score (nSPS) is 11.2. The summed E-state index contributed by atoms with van der Waals surface area (Å²) in [7, 11) is 1.58. The number of carbonyl (C=O) groups is 3. The summed E-state index contributed by atoms with van der Waals surface area (Å²) in [5.41, 5.74) is 1.45. The van der Waals surface area contributed by atoms with Crippen molar-refractivity contribution in [2.45, 2.75) is 26.5 Å². The molecule has 1 amide bonds. The Balaban J connectivity index is 1.74. The number of nitrogens with one attached hydrogen (secondary N) is 1. The van der Waals surface area contributed by atoms with Crippen LogP contribution in [0.1, 0.15) is 29.8 Å². The van der Waals surface area contributed by atoms with E-state index in [1.807, 2.05) is 12.1 Å². The van der Waals surface area contributed by atoms with Gasteiger partial charge >= 0.3 is 5.97 Å². The van der Waals surface area contributed by atoms with E-state index in [1.165, 1.54) is 13.8 Å². The van der Waals surface area contributed by atoms with E-state index in [0.29, 0.717) is 17.9 Å². The molecule has 0 fully saturated rings. The fourth-order valence-electron chi connectivity index (χ4n) is 2.29. The highest BCUT2D eigenvalue weighted by Crippen LogP contribution is 2.13. The number of hydrogen-bond acceptors (Lipinski definition) is 6. The molecule has 1 atom stereocenters. The maximum Gasteiger partial charge on any atom is 0.344 e. The van der Waals surface area contributed by atoms with Crippen LogP contribution in [0.5, 0.6) is 11.5 Å². The van der Waals surface area contributed by atoms with Crippen LogP contribution in [0.15, 0.2) is 48.5 Å². The summed E-state index contributed by atoms with van der Waals surface area (Å²) in [6.45, 7) is 2.93. The second-order valence-electron chi connectivity index (χ2n) is 6.07. The number of methoxy groups -OCH3 is 1. The number of amides is 1. The molecule has 1 N–H and O–H groups in total. The molecule has 0 unspecified atom stereocenters. The van der Waals surface area contributed by atoms with Crippen molar-refractivity contribution in [3.05, 3.63) is 59.7 Å². The molecule has 0 aromatic heterocycles. The molecular formula is C21H23NO6. The zero-order chi connectivity index (χ0) is 20.5. The van der Waals surface area contributed by atoms with E-state index in [2.05, 4.69) is 5.32 Å². The van der Waals surface area contributed by atoms with Crippen molar-refractivity contribution < 1.29 is 28.6 Å². The Morgan fingerprint density at radius 1 is 0.964 bits per heavy atom. The van der Waals surface area contributed by atoms with Gasteiger partial charge in [-0.3, -0.25) is 9.59 Å². The summed E-state index contributed by atoms with van der Waals surface area (Å²) in [4.78, 5) is 35.1. The van der Waals surface area contributed by atoms with Crippen LogP contribution in [-0.4, -0.2) is 37.5 Å². The molecule has 0 bridgehead atoms. The molecule has 0 heterocycles. The van der Waals surface area contributed by atoms with E-state index in [-0.39, 0.29) is 12.4 Å². The van der Waals surface area contributed by atoms with Crippen molar-refractivity contribution in [2.75, 3.05) is 13.7 Å². The van der Waals surface area contributed by atoms with Gasteiger partial charge in [0.2, 0.25) is 0 Å². The number of esters is 1. The van der Waals surface area contributed by atoms with E-state index >= 15 is 0 Å². The summed E-state index contributed by atoms with van der Waals surface area (Å²) in [5, 5.41) is 2.70. The summed E-state index contributed by atoms with van der Waals surface area (Å²) in [5.74, 6) is 0.0324. The smallest absolute Gasteiger partial charge is 0.344 e. The average molecular weight is 385 g/mol. The lowest BCUT2D eigenvalue weighted by molar-refractivity contribution is -0.156. The Hall–Kier alpha value is -3.35. The van der Waals surface area contributed by atoms with Crippen molar-refractivity contribution >= 4 is 17.7 Å². The third-order valence-electron chi connectivity index (χ3n) is 3.92. The molecule has 7 nitrogen and oxygen atoms in total. The number of carbonyl (C=O) groups excluding carboxylic acids is 3. The first-order chi connectivity index (χ1) is 13.4. The molecule has 7 heteroatoms. The highest BCUT2D eigenvalue weighted by atomic mass is 16.6. The lowest BCUT2D eigenvalue weighted by Gasteiger charge is -2.14. The van der Waals surface area contributed by atoms with Crippen LogP contribution in [0.2, 0.25) is 0 Å². The van der Waals surface area contributed by atoms with Crippen LogP contribution < -0.4 is 14.8 Å². The number of Topliss-reactive ketones (excluding diaryl/α,β-unsaturated/α-hetero) is 1. The quantitative estimate of drug-likeness (QED) is 0.527. The number of ketones is 1. The minimum atomic E-state index is -0.950. The van der Waals surface area contributed by atoms with Gasteiger partial charge in [0.05, 0.1) is 7.11 Å². The van der Waals surface area contributed by atoms with Gasteiger partial charge in [0.25, 0.3) is 5.91 Å². The molecule has 0 spiro atoms. The van der Waals surface area contributed by atoms with Gasteiger partial charge in [0, 0.05) is 12.1 Å². The Morgan fingerprint density at radius 3 is 2.14 bits per heavy atom. The van der Waals surface area contributed by atoms with Crippen LogP contribution in [0.3, 0.4) is 0 Å². The Kier molecular flexibility index (Phi) is 7.56. The molecule has 0 aliphatic heterocycles. The summed E-state index contributed by atoms with van der Waals surface area (Å²) >= 11 is 0. The predicted molar refractivity (Wildman–Crippen MR) is 102 cm³/mol. The van der Waals surface area contributed by atoms with Gasteiger partial charge in [0.15, 0.2) is 18.5 Å². The van der Waals surface area contributed by atoms with Crippen LogP contribution >= 0.6 is 0 Å².